The molecule has 8 heteroatoms. The number of hydrogen-bond acceptors (Lipinski definition) is 5. The number of carbonyl (C=O) groups excluding carboxylic acids is 1. The van der Waals surface area contributed by atoms with Crippen LogP contribution in [0.15, 0.2) is 105 Å². The third kappa shape index (κ3) is 4.91. The summed E-state index contributed by atoms with van der Waals surface area (Å²) in [6.45, 7) is 0. The van der Waals surface area contributed by atoms with E-state index < -0.39 is 5.97 Å². The Hall–Kier alpha value is -4.07. The van der Waals surface area contributed by atoms with Crippen LogP contribution in [0.1, 0.15) is 16.1 Å². The molecule has 1 aromatic heterocycles. The highest BCUT2D eigenvalue weighted by molar-refractivity contribution is 8.19. The first kappa shape index (κ1) is 22.7. The number of hydrogen-bond donors (Lipinski definition) is 1. The highest BCUT2D eigenvalue weighted by Gasteiger charge is 2.35. The minimum absolute atomic E-state index is 0.167. The van der Waals surface area contributed by atoms with Crippen LogP contribution >= 0.6 is 23.4 Å². The Bertz CT molecular complexity index is 1480. The zero-order valence-corrected chi connectivity index (χ0v) is 19.7. The van der Waals surface area contributed by atoms with Crippen LogP contribution < -0.4 is 4.90 Å². The number of amidine groups is 1. The molecule has 1 saturated heterocycles. The molecule has 4 aromatic rings. The summed E-state index contributed by atoms with van der Waals surface area (Å²) in [5, 5.41) is 10.3. The number of furan rings is 1. The van der Waals surface area contributed by atoms with E-state index in [1.807, 2.05) is 30.3 Å². The fourth-order valence-corrected chi connectivity index (χ4v) is 4.61. The molecular formula is C27H17ClN2O4S. The summed E-state index contributed by atoms with van der Waals surface area (Å²) in [7, 11) is 0. The van der Waals surface area contributed by atoms with Gasteiger partial charge in [0, 0.05) is 16.7 Å². The molecule has 1 amide bonds. The summed E-state index contributed by atoms with van der Waals surface area (Å²) in [5.41, 5.74) is 2.17. The summed E-state index contributed by atoms with van der Waals surface area (Å²) < 4.78 is 5.91. The number of amides is 1. The number of aliphatic imine (C=N–C) groups is 1. The zero-order chi connectivity index (χ0) is 24.4. The van der Waals surface area contributed by atoms with E-state index in [1.165, 1.54) is 17.8 Å². The third-order valence-electron chi connectivity index (χ3n) is 5.17. The van der Waals surface area contributed by atoms with Crippen molar-refractivity contribution < 1.29 is 19.1 Å². The minimum Gasteiger partial charge on any atom is -0.478 e. The van der Waals surface area contributed by atoms with Gasteiger partial charge in [-0.15, -0.1) is 0 Å². The SMILES string of the molecule is O=C(O)c1cccc(-c2ccc(/C=C3\SC(=Nc4ccccc4)N(c4ccc(Cl)cc4)C3=O)o2)c1. The molecule has 2 heterocycles. The number of carboxylic acids is 1. The lowest BCUT2D eigenvalue weighted by Gasteiger charge is -2.15. The van der Waals surface area contributed by atoms with Crippen molar-refractivity contribution in [3.63, 3.8) is 0 Å². The van der Waals surface area contributed by atoms with Crippen molar-refractivity contribution in [1.29, 1.82) is 0 Å². The number of thioether (sulfide) groups is 1. The number of carbonyl (C=O) groups is 2. The average Bonchev–Trinajstić information content (AvgIpc) is 3.45. The number of benzene rings is 3. The number of aromatic carboxylic acids is 1. The van der Waals surface area contributed by atoms with E-state index in [4.69, 9.17) is 16.0 Å². The van der Waals surface area contributed by atoms with Gasteiger partial charge in [0.05, 0.1) is 21.8 Å². The maximum absolute atomic E-state index is 13.4. The van der Waals surface area contributed by atoms with Crippen molar-refractivity contribution in [3.8, 4) is 11.3 Å². The largest absolute Gasteiger partial charge is 0.478 e. The molecule has 5 rings (SSSR count). The topological polar surface area (TPSA) is 83.1 Å². The second-order valence-corrected chi connectivity index (χ2v) is 8.99. The molecule has 0 radical (unpaired) electrons. The second kappa shape index (κ2) is 9.66. The monoisotopic (exact) mass is 500 g/mol. The van der Waals surface area contributed by atoms with Crippen molar-refractivity contribution in [1.82, 2.24) is 0 Å². The molecule has 6 nitrogen and oxygen atoms in total. The van der Waals surface area contributed by atoms with E-state index in [0.717, 1.165) is 5.69 Å². The van der Waals surface area contributed by atoms with E-state index in [0.29, 0.717) is 37.9 Å². The molecule has 1 aliphatic heterocycles. The van der Waals surface area contributed by atoms with E-state index in [9.17, 15) is 14.7 Å². The fourth-order valence-electron chi connectivity index (χ4n) is 3.50. The van der Waals surface area contributed by atoms with Gasteiger partial charge < -0.3 is 9.52 Å². The lowest BCUT2D eigenvalue weighted by Crippen LogP contribution is -2.28. The van der Waals surface area contributed by atoms with Crippen molar-refractivity contribution >= 4 is 57.9 Å². The molecule has 1 fully saturated rings. The number of halogens is 1. The van der Waals surface area contributed by atoms with Gasteiger partial charge in [-0.05, 0) is 72.4 Å². The van der Waals surface area contributed by atoms with Gasteiger partial charge in [-0.3, -0.25) is 9.69 Å². The molecule has 0 spiro atoms. The van der Waals surface area contributed by atoms with Gasteiger partial charge >= 0.3 is 5.97 Å². The Morgan fingerprint density at radius 3 is 2.49 bits per heavy atom. The Labute approximate surface area is 210 Å². The summed E-state index contributed by atoms with van der Waals surface area (Å²) in [6, 6.07) is 26.4. The van der Waals surface area contributed by atoms with E-state index in [2.05, 4.69) is 4.99 Å². The standard InChI is InChI=1S/C27H17ClN2O4S/c28-19-9-11-21(12-10-19)30-25(31)24(35-27(30)29-20-7-2-1-3-8-20)16-22-13-14-23(34-22)17-5-4-6-18(15-17)26(32)33/h1-16H,(H,32,33)/b24-16-,29-27?. The molecule has 3 aromatic carbocycles. The molecule has 172 valence electrons. The van der Waals surface area contributed by atoms with Crippen LogP contribution in [-0.2, 0) is 4.79 Å². The number of para-hydroxylation sites is 1. The van der Waals surface area contributed by atoms with Gasteiger partial charge in [0.25, 0.3) is 5.91 Å². The number of rotatable bonds is 5. The molecule has 1 N–H and O–H groups in total. The molecule has 0 aliphatic carbocycles. The van der Waals surface area contributed by atoms with Crippen LogP contribution in [0.2, 0.25) is 5.02 Å². The summed E-state index contributed by atoms with van der Waals surface area (Å²) in [4.78, 5) is 31.4. The van der Waals surface area contributed by atoms with Crippen molar-refractivity contribution in [2.45, 2.75) is 0 Å². The van der Waals surface area contributed by atoms with Crippen LogP contribution in [0.5, 0.6) is 0 Å². The molecule has 0 unspecified atom stereocenters. The predicted octanol–water partition coefficient (Wildman–Crippen LogP) is 7.11. The average molecular weight is 501 g/mol. The van der Waals surface area contributed by atoms with Crippen LogP contribution in [0, 0.1) is 0 Å². The summed E-state index contributed by atoms with van der Waals surface area (Å²) >= 11 is 7.29. The van der Waals surface area contributed by atoms with E-state index >= 15 is 0 Å². The second-order valence-electron chi connectivity index (χ2n) is 7.55. The quantitative estimate of drug-likeness (QED) is 0.295. The van der Waals surface area contributed by atoms with Crippen molar-refractivity contribution in [2.75, 3.05) is 4.90 Å². The van der Waals surface area contributed by atoms with Crippen LogP contribution in [0.25, 0.3) is 17.4 Å². The molecule has 1 aliphatic rings. The Morgan fingerprint density at radius 1 is 0.971 bits per heavy atom. The maximum atomic E-state index is 13.4. The van der Waals surface area contributed by atoms with Crippen LogP contribution in [0.4, 0.5) is 11.4 Å². The minimum atomic E-state index is -1.01. The predicted molar refractivity (Wildman–Crippen MR) is 139 cm³/mol. The Morgan fingerprint density at radius 2 is 1.74 bits per heavy atom. The first-order chi connectivity index (χ1) is 17.0. The number of anilines is 1. The first-order valence-corrected chi connectivity index (χ1v) is 11.7. The van der Waals surface area contributed by atoms with Gasteiger partial charge in [0.1, 0.15) is 11.5 Å². The zero-order valence-electron chi connectivity index (χ0n) is 18.1. The lowest BCUT2D eigenvalue weighted by atomic mass is 10.1. The van der Waals surface area contributed by atoms with E-state index in [-0.39, 0.29) is 11.5 Å². The fraction of sp³-hybridized carbons (Fsp3) is 0. The molecule has 0 bridgehead atoms. The van der Waals surface area contributed by atoms with Gasteiger partial charge in [-0.1, -0.05) is 41.9 Å². The number of carboxylic acid groups (broad SMARTS) is 1. The normalized spacial score (nSPS) is 15.8. The Balaban J connectivity index is 1.49. The maximum Gasteiger partial charge on any atom is 0.335 e. The van der Waals surface area contributed by atoms with Gasteiger partial charge in [0.15, 0.2) is 5.17 Å². The van der Waals surface area contributed by atoms with Crippen molar-refractivity contribution in [2.24, 2.45) is 4.99 Å². The van der Waals surface area contributed by atoms with Crippen molar-refractivity contribution in [3.05, 3.63) is 112 Å². The smallest absolute Gasteiger partial charge is 0.335 e. The lowest BCUT2D eigenvalue weighted by molar-refractivity contribution is -0.113. The molecular weight excluding hydrogens is 484 g/mol. The van der Waals surface area contributed by atoms with Gasteiger partial charge in [-0.25, -0.2) is 9.79 Å². The van der Waals surface area contributed by atoms with Gasteiger partial charge in [0.2, 0.25) is 0 Å². The summed E-state index contributed by atoms with van der Waals surface area (Å²) in [6.07, 6.45) is 1.66. The highest BCUT2D eigenvalue weighted by Crippen LogP contribution is 2.38. The molecule has 35 heavy (non-hydrogen) atoms. The molecule has 0 saturated carbocycles. The summed E-state index contributed by atoms with van der Waals surface area (Å²) in [5.74, 6) is -0.282. The van der Waals surface area contributed by atoms with Crippen LogP contribution in [0.3, 0.4) is 0 Å². The Kier molecular flexibility index (Phi) is 6.27. The third-order valence-corrected chi connectivity index (χ3v) is 6.39. The highest BCUT2D eigenvalue weighted by atomic mass is 35.5. The first-order valence-electron chi connectivity index (χ1n) is 10.5. The van der Waals surface area contributed by atoms with Crippen LogP contribution in [-0.4, -0.2) is 22.2 Å². The van der Waals surface area contributed by atoms with Gasteiger partial charge in [-0.2, -0.15) is 0 Å². The number of nitrogens with zero attached hydrogens (tertiary/aromatic N) is 2. The van der Waals surface area contributed by atoms with E-state index in [1.54, 1.807) is 65.6 Å². The molecule has 0 atom stereocenters.